The smallest absolute Gasteiger partial charge is 0.309 e. The maximum absolute atomic E-state index is 12.7. The molecule has 126 valence electrons. The second-order valence-corrected chi connectivity index (χ2v) is 7.27. The molecule has 0 radical (unpaired) electrons. The normalized spacial score (nSPS) is 11.8. The fourth-order valence-corrected chi connectivity index (χ4v) is 4.49. The lowest BCUT2D eigenvalue weighted by Gasteiger charge is -2.18. The number of para-hydroxylation sites is 1. The molecule has 0 aliphatic heterocycles. The van der Waals surface area contributed by atoms with E-state index in [0.29, 0.717) is 11.4 Å². The Morgan fingerprint density at radius 1 is 1.13 bits per heavy atom. The van der Waals surface area contributed by atoms with E-state index in [1.165, 1.54) is 4.68 Å². The van der Waals surface area contributed by atoms with Crippen LogP contribution in [0.15, 0.2) is 35.1 Å². The Morgan fingerprint density at radius 2 is 1.70 bits per heavy atom. The van der Waals surface area contributed by atoms with Gasteiger partial charge in [-0.15, -0.1) is 0 Å². The van der Waals surface area contributed by atoms with Crippen molar-refractivity contribution in [3.05, 3.63) is 51.4 Å². The largest absolute Gasteiger partial charge is 0.336 e. The van der Waals surface area contributed by atoms with Gasteiger partial charge < -0.3 is 9.05 Å². The summed E-state index contributed by atoms with van der Waals surface area (Å²) < 4.78 is 26.3. The van der Waals surface area contributed by atoms with Crippen LogP contribution in [0, 0.1) is 0 Å². The molecule has 0 saturated carbocycles. The summed E-state index contributed by atoms with van der Waals surface area (Å²) in [6, 6.07) is 9.11. The van der Waals surface area contributed by atoms with Crippen LogP contribution in [0.1, 0.15) is 19.5 Å². The second kappa shape index (κ2) is 7.49. The van der Waals surface area contributed by atoms with E-state index >= 15 is 0 Å². The van der Waals surface area contributed by atoms with Gasteiger partial charge in [-0.25, -0.2) is 4.68 Å². The first kappa shape index (κ1) is 18.0. The molecule has 6 nitrogen and oxygen atoms in total. The molecule has 8 heteroatoms. The van der Waals surface area contributed by atoms with E-state index in [4.69, 9.17) is 20.6 Å². The molecule has 0 spiro atoms. The minimum absolute atomic E-state index is 0.0241. The van der Waals surface area contributed by atoms with Crippen molar-refractivity contribution >= 4 is 19.2 Å². The zero-order chi connectivity index (χ0) is 17.0. The Kier molecular flexibility index (Phi) is 5.87. The van der Waals surface area contributed by atoms with Crippen LogP contribution in [0.3, 0.4) is 0 Å². The molecule has 0 atom stereocenters. The highest BCUT2D eigenvalue weighted by Crippen LogP contribution is 2.51. The molecule has 0 aliphatic carbocycles. The Balaban J connectivity index is 2.49. The quantitative estimate of drug-likeness (QED) is 0.709. The molecule has 0 N–H and O–H groups in total. The molecule has 1 aromatic heterocycles. The van der Waals surface area contributed by atoms with E-state index in [2.05, 4.69) is 0 Å². The van der Waals surface area contributed by atoms with Crippen molar-refractivity contribution < 1.29 is 13.6 Å². The molecule has 0 bridgehead atoms. The number of rotatable bonds is 7. The Morgan fingerprint density at radius 3 is 2.22 bits per heavy atom. The highest BCUT2D eigenvalue weighted by molar-refractivity contribution is 7.53. The highest BCUT2D eigenvalue weighted by atomic mass is 35.5. The second-order valence-electron chi connectivity index (χ2n) is 4.84. The molecule has 2 aromatic rings. The van der Waals surface area contributed by atoms with Crippen LogP contribution in [0.25, 0.3) is 5.69 Å². The van der Waals surface area contributed by atoms with Crippen LogP contribution in [0.2, 0.25) is 5.02 Å². The van der Waals surface area contributed by atoms with E-state index in [1.807, 2.05) is 18.2 Å². The lowest BCUT2D eigenvalue weighted by molar-refractivity contribution is 0.218. The SMILES string of the molecule is CCOP(=O)(Cc1c(Cl)c(=O)n(-c2ccccc2)n1C)OCC. The van der Waals surface area contributed by atoms with Crippen LogP contribution in [-0.4, -0.2) is 22.6 Å². The van der Waals surface area contributed by atoms with Crippen molar-refractivity contribution in [3.8, 4) is 5.69 Å². The van der Waals surface area contributed by atoms with Gasteiger partial charge in [-0.05, 0) is 26.0 Å². The fourth-order valence-electron chi connectivity index (χ4n) is 2.35. The van der Waals surface area contributed by atoms with Crippen molar-refractivity contribution in [2.75, 3.05) is 13.2 Å². The van der Waals surface area contributed by atoms with E-state index in [-0.39, 0.29) is 30.0 Å². The molecule has 1 aromatic carbocycles. The van der Waals surface area contributed by atoms with Crippen molar-refractivity contribution in [1.29, 1.82) is 0 Å². The summed E-state index contributed by atoms with van der Waals surface area (Å²) in [6.45, 7) is 3.98. The lowest BCUT2D eigenvalue weighted by Crippen LogP contribution is -2.19. The summed E-state index contributed by atoms with van der Waals surface area (Å²) >= 11 is 6.19. The third kappa shape index (κ3) is 3.78. The number of hydrogen-bond acceptors (Lipinski definition) is 4. The molecule has 23 heavy (non-hydrogen) atoms. The average molecular weight is 359 g/mol. The molecule has 0 unspecified atom stereocenters. The molecule has 0 fully saturated rings. The maximum atomic E-state index is 12.7. The summed E-state index contributed by atoms with van der Waals surface area (Å²) in [5, 5.41) is 0.0241. The molecule has 1 heterocycles. The highest BCUT2D eigenvalue weighted by Gasteiger charge is 2.29. The third-order valence-electron chi connectivity index (χ3n) is 3.32. The number of halogens is 1. The van der Waals surface area contributed by atoms with Gasteiger partial charge in [0.05, 0.1) is 30.8 Å². The van der Waals surface area contributed by atoms with E-state index in [1.54, 1.807) is 37.7 Å². The minimum Gasteiger partial charge on any atom is -0.309 e. The summed E-state index contributed by atoms with van der Waals surface area (Å²) in [7, 11) is -1.66. The van der Waals surface area contributed by atoms with Gasteiger partial charge in [-0.2, -0.15) is 0 Å². The summed E-state index contributed by atoms with van der Waals surface area (Å²) in [5.41, 5.74) is 0.733. The van der Waals surface area contributed by atoms with Crippen LogP contribution in [0.5, 0.6) is 0 Å². The van der Waals surface area contributed by atoms with Gasteiger partial charge in [-0.3, -0.25) is 14.0 Å². The molecule has 2 rings (SSSR count). The third-order valence-corrected chi connectivity index (χ3v) is 5.69. The van der Waals surface area contributed by atoms with E-state index in [0.717, 1.165) is 0 Å². The van der Waals surface area contributed by atoms with Crippen molar-refractivity contribution in [2.24, 2.45) is 7.05 Å². The van der Waals surface area contributed by atoms with Crippen LogP contribution in [-0.2, 0) is 26.8 Å². The zero-order valence-corrected chi connectivity index (χ0v) is 15.0. The van der Waals surface area contributed by atoms with Crippen LogP contribution < -0.4 is 5.56 Å². The average Bonchev–Trinajstić information content (AvgIpc) is 2.72. The Labute approximate surface area is 140 Å². The first-order valence-electron chi connectivity index (χ1n) is 7.33. The van der Waals surface area contributed by atoms with Gasteiger partial charge in [0.1, 0.15) is 5.02 Å². The summed E-state index contributed by atoms with van der Waals surface area (Å²) in [5.74, 6) is 0. The number of nitrogens with zero attached hydrogens (tertiary/aromatic N) is 2. The van der Waals surface area contributed by atoms with Gasteiger partial charge in [-0.1, -0.05) is 29.8 Å². The van der Waals surface area contributed by atoms with Gasteiger partial charge in [0.15, 0.2) is 0 Å². The topological polar surface area (TPSA) is 62.5 Å². The van der Waals surface area contributed by atoms with Crippen LogP contribution in [0.4, 0.5) is 0 Å². The summed E-state index contributed by atoms with van der Waals surface area (Å²) in [6.07, 6.45) is -0.0565. The molecular weight excluding hydrogens is 339 g/mol. The predicted octanol–water partition coefficient (Wildman–Crippen LogP) is 3.60. The van der Waals surface area contributed by atoms with E-state index < -0.39 is 7.60 Å². The Hall–Kier alpha value is -1.33. The minimum atomic E-state index is -3.35. The van der Waals surface area contributed by atoms with Crippen LogP contribution >= 0.6 is 19.2 Å². The standard InChI is InChI=1S/C15H20ClN2O4P/c1-4-21-23(20,22-5-2)11-13-14(16)15(19)18(17(13)3)12-9-7-6-8-10-12/h6-10H,4-5,11H2,1-3H3. The maximum Gasteiger partial charge on any atom is 0.336 e. The predicted molar refractivity (Wildman–Crippen MR) is 90.6 cm³/mol. The zero-order valence-electron chi connectivity index (χ0n) is 13.4. The van der Waals surface area contributed by atoms with Gasteiger partial charge in [0.25, 0.3) is 5.56 Å². The van der Waals surface area contributed by atoms with Gasteiger partial charge >= 0.3 is 7.60 Å². The first-order valence-corrected chi connectivity index (χ1v) is 9.44. The van der Waals surface area contributed by atoms with Crippen molar-refractivity contribution in [3.63, 3.8) is 0 Å². The van der Waals surface area contributed by atoms with Crippen molar-refractivity contribution in [1.82, 2.24) is 9.36 Å². The fraction of sp³-hybridized carbons (Fsp3) is 0.400. The number of benzene rings is 1. The number of hydrogen-bond donors (Lipinski definition) is 0. The monoisotopic (exact) mass is 358 g/mol. The molecule has 0 aliphatic rings. The summed E-state index contributed by atoms with van der Waals surface area (Å²) in [4.78, 5) is 12.5. The number of aromatic nitrogens is 2. The van der Waals surface area contributed by atoms with Gasteiger partial charge in [0, 0.05) is 7.05 Å². The van der Waals surface area contributed by atoms with E-state index in [9.17, 15) is 9.36 Å². The van der Waals surface area contributed by atoms with Crippen molar-refractivity contribution in [2.45, 2.75) is 20.0 Å². The molecule has 0 amide bonds. The first-order chi connectivity index (χ1) is 10.9. The molecule has 0 saturated heterocycles. The Bertz CT molecular complexity index is 760. The molecular formula is C15H20ClN2O4P. The van der Waals surface area contributed by atoms with Gasteiger partial charge in [0.2, 0.25) is 0 Å². The lowest BCUT2D eigenvalue weighted by atomic mass is 10.3.